The predicted molar refractivity (Wildman–Crippen MR) is 129 cm³/mol. The molecule has 1 N–H and O–H groups in total. The molecule has 0 saturated heterocycles. The highest BCUT2D eigenvalue weighted by molar-refractivity contribution is 8.00. The van der Waals surface area contributed by atoms with Crippen molar-refractivity contribution < 1.29 is 14.3 Å². The van der Waals surface area contributed by atoms with E-state index >= 15 is 0 Å². The zero-order valence-electron chi connectivity index (χ0n) is 18.1. The summed E-state index contributed by atoms with van der Waals surface area (Å²) in [5.41, 5.74) is 2.64. The number of fused-ring (bicyclic) bond motifs is 1. The quantitative estimate of drug-likeness (QED) is 0.379. The normalized spacial score (nSPS) is 13.0. The minimum Gasteiger partial charge on any atom is -0.454 e. The first kappa shape index (κ1) is 22.2. The number of halogens is 1. The Hall–Kier alpha value is -3.56. The predicted octanol–water partition coefficient (Wildman–Crippen LogP) is 4.51. The summed E-state index contributed by atoms with van der Waals surface area (Å²) in [6, 6.07) is 16.8. The van der Waals surface area contributed by atoms with Crippen LogP contribution in [0.1, 0.15) is 12.5 Å². The van der Waals surface area contributed by atoms with E-state index in [4.69, 9.17) is 21.1 Å². The zero-order chi connectivity index (χ0) is 23.5. The van der Waals surface area contributed by atoms with Crippen LogP contribution in [0.2, 0.25) is 5.02 Å². The van der Waals surface area contributed by atoms with E-state index in [0.29, 0.717) is 34.0 Å². The van der Waals surface area contributed by atoms with E-state index in [1.54, 1.807) is 12.4 Å². The molecule has 1 atom stereocenters. The van der Waals surface area contributed by atoms with Crippen molar-refractivity contribution in [3.05, 3.63) is 77.6 Å². The van der Waals surface area contributed by atoms with E-state index < -0.39 is 5.25 Å². The van der Waals surface area contributed by atoms with Crippen LogP contribution < -0.4 is 14.8 Å². The van der Waals surface area contributed by atoms with Crippen LogP contribution in [-0.4, -0.2) is 37.7 Å². The molecular formula is C24H20ClN5O3S. The average Bonchev–Trinajstić information content (AvgIpc) is 3.50. The third-order valence-electron chi connectivity index (χ3n) is 5.21. The molecule has 2 aromatic heterocycles. The van der Waals surface area contributed by atoms with Crippen molar-refractivity contribution in [3.8, 4) is 28.6 Å². The van der Waals surface area contributed by atoms with Crippen LogP contribution in [0.25, 0.3) is 17.1 Å². The number of nitrogens with zero attached hydrogens (tertiary/aromatic N) is 4. The molecule has 8 nitrogen and oxygen atoms in total. The Morgan fingerprint density at radius 1 is 1.09 bits per heavy atom. The summed E-state index contributed by atoms with van der Waals surface area (Å²) in [6.07, 6.45) is 3.41. The molecule has 172 valence electrons. The fraction of sp³-hybridized carbons (Fsp3) is 0.167. The highest BCUT2D eigenvalue weighted by Gasteiger charge is 2.22. The van der Waals surface area contributed by atoms with Gasteiger partial charge in [-0.25, -0.2) is 0 Å². The van der Waals surface area contributed by atoms with Gasteiger partial charge in [0.05, 0.1) is 5.25 Å². The Kier molecular flexibility index (Phi) is 6.37. The van der Waals surface area contributed by atoms with Gasteiger partial charge < -0.3 is 14.8 Å². The molecule has 0 spiro atoms. The number of hydrogen-bond acceptors (Lipinski definition) is 7. The Morgan fingerprint density at radius 2 is 1.85 bits per heavy atom. The lowest BCUT2D eigenvalue weighted by atomic mass is 10.2. The molecular weight excluding hydrogens is 474 g/mol. The molecule has 34 heavy (non-hydrogen) atoms. The van der Waals surface area contributed by atoms with Crippen LogP contribution in [0.3, 0.4) is 0 Å². The summed E-state index contributed by atoms with van der Waals surface area (Å²) < 4.78 is 12.7. The van der Waals surface area contributed by atoms with Crippen LogP contribution in [0.5, 0.6) is 11.5 Å². The van der Waals surface area contributed by atoms with Crippen LogP contribution in [0.15, 0.2) is 72.1 Å². The van der Waals surface area contributed by atoms with Gasteiger partial charge in [0.15, 0.2) is 22.5 Å². The van der Waals surface area contributed by atoms with Crippen LogP contribution in [-0.2, 0) is 11.3 Å². The molecule has 0 aliphatic carbocycles. The lowest BCUT2D eigenvalue weighted by molar-refractivity contribution is -0.120. The third kappa shape index (κ3) is 4.71. The van der Waals surface area contributed by atoms with Crippen molar-refractivity contribution in [3.63, 3.8) is 0 Å². The monoisotopic (exact) mass is 493 g/mol. The van der Waals surface area contributed by atoms with Gasteiger partial charge in [0.2, 0.25) is 12.7 Å². The first-order valence-corrected chi connectivity index (χ1v) is 11.8. The van der Waals surface area contributed by atoms with E-state index in [2.05, 4.69) is 20.5 Å². The molecule has 0 radical (unpaired) electrons. The van der Waals surface area contributed by atoms with Gasteiger partial charge in [-0.15, -0.1) is 10.2 Å². The van der Waals surface area contributed by atoms with Crippen LogP contribution in [0.4, 0.5) is 0 Å². The average molecular weight is 494 g/mol. The number of nitrogens with one attached hydrogen (secondary N) is 1. The van der Waals surface area contributed by atoms with Gasteiger partial charge in [-0.05, 0) is 61.0 Å². The summed E-state index contributed by atoms with van der Waals surface area (Å²) in [7, 11) is 0. The smallest absolute Gasteiger partial charge is 0.233 e. The third-order valence-corrected chi connectivity index (χ3v) is 6.51. The first-order chi connectivity index (χ1) is 16.6. The van der Waals surface area contributed by atoms with Crippen molar-refractivity contribution in [1.29, 1.82) is 0 Å². The Balaban J connectivity index is 1.34. The molecule has 4 aromatic rings. The molecule has 2 aromatic carbocycles. The highest BCUT2D eigenvalue weighted by Crippen LogP contribution is 2.33. The number of aromatic nitrogens is 4. The summed E-state index contributed by atoms with van der Waals surface area (Å²) >= 11 is 7.42. The SMILES string of the molecule is CC(Sc1nnc(-c2ccncc2)n1-c1ccc(Cl)cc1)C(=O)NCc1ccc2c(c1)OCO2. The fourth-order valence-electron chi connectivity index (χ4n) is 3.45. The largest absolute Gasteiger partial charge is 0.454 e. The number of hydrogen-bond donors (Lipinski definition) is 1. The Bertz CT molecular complexity index is 1310. The Morgan fingerprint density at radius 3 is 2.65 bits per heavy atom. The second kappa shape index (κ2) is 9.74. The second-order valence-electron chi connectivity index (χ2n) is 7.52. The number of carbonyl (C=O) groups excluding carboxylic acids is 1. The van der Waals surface area contributed by atoms with Gasteiger partial charge in [0.1, 0.15) is 0 Å². The summed E-state index contributed by atoms with van der Waals surface area (Å²) in [5.74, 6) is 1.94. The second-order valence-corrected chi connectivity index (χ2v) is 9.26. The van der Waals surface area contributed by atoms with Crippen molar-refractivity contribution >= 4 is 29.3 Å². The topological polar surface area (TPSA) is 91.2 Å². The molecule has 1 aliphatic rings. The van der Waals surface area contributed by atoms with Gasteiger partial charge in [-0.1, -0.05) is 29.4 Å². The molecule has 0 bridgehead atoms. The maximum absolute atomic E-state index is 12.9. The molecule has 1 unspecified atom stereocenters. The summed E-state index contributed by atoms with van der Waals surface area (Å²) in [4.78, 5) is 16.9. The fourth-order valence-corrected chi connectivity index (χ4v) is 4.47. The van der Waals surface area contributed by atoms with Crippen LogP contribution >= 0.6 is 23.4 Å². The van der Waals surface area contributed by atoms with Gasteiger partial charge in [-0.2, -0.15) is 0 Å². The van der Waals surface area contributed by atoms with Crippen molar-refractivity contribution in [1.82, 2.24) is 25.1 Å². The standard InChI is InChI=1S/C24H20ClN5O3S/c1-15(23(31)27-13-16-2-7-20-21(12-16)33-14-32-20)34-24-29-28-22(17-8-10-26-11-9-17)30(24)19-5-3-18(25)4-6-19/h2-12,15H,13-14H2,1H3,(H,27,31). The van der Waals surface area contributed by atoms with E-state index in [1.165, 1.54) is 11.8 Å². The van der Waals surface area contributed by atoms with Crippen molar-refractivity contribution in [2.75, 3.05) is 6.79 Å². The van der Waals surface area contributed by atoms with Gasteiger partial charge in [0.25, 0.3) is 0 Å². The summed E-state index contributed by atoms with van der Waals surface area (Å²) in [6.45, 7) is 2.44. The lowest BCUT2D eigenvalue weighted by Crippen LogP contribution is -2.30. The molecule has 0 saturated carbocycles. The number of carbonyl (C=O) groups is 1. The molecule has 3 heterocycles. The molecule has 0 fully saturated rings. The number of rotatable bonds is 7. The highest BCUT2D eigenvalue weighted by atomic mass is 35.5. The molecule has 1 amide bonds. The van der Waals surface area contributed by atoms with E-state index in [9.17, 15) is 4.79 Å². The number of pyridine rings is 1. The van der Waals surface area contributed by atoms with E-state index in [0.717, 1.165) is 16.8 Å². The van der Waals surface area contributed by atoms with E-state index in [1.807, 2.05) is 66.1 Å². The molecule has 1 aliphatic heterocycles. The van der Waals surface area contributed by atoms with E-state index in [-0.39, 0.29) is 12.7 Å². The van der Waals surface area contributed by atoms with Gasteiger partial charge >= 0.3 is 0 Å². The maximum Gasteiger partial charge on any atom is 0.233 e. The zero-order valence-corrected chi connectivity index (χ0v) is 19.7. The minimum absolute atomic E-state index is 0.112. The number of ether oxygens (including phenoxy) is 2. The maximum atomic E-state index is 12.9. The van der Waals surface area contributed by atoms with Gasteiger partial charge in [-0.3, -0.25) is 14.3 Å². The lowest BCUT2D eigenvalue weighted by Gasteiger charge is -2.14. The Labute approximate surface area is 205 Å². The molecule has 5 rings (SSSR count). The number of benzene rings is 2. The first-order valence-electron chi connectivity index (χ1n) is 10.5. The number of thioether (sulfide) groups is 1. The summed E-state index contributed by atoms with van der Waals surface area (Å²) in [5, 5.41) is 12.6. The van der Waals surface area contributed by atoms with Crippen LogP contribution in [0, 0.1) is 0 Å². The molecule has 10 heteroatoms. The number of amides is 1. The van der Waals surface area contributed by atoms with Crippen molar-refractivity contribution in [2.24, 2.45) is 0 Å². The van der Waals surface area contributed by atoms with Crippen molar-refractivity contribution in [2.45, 2.75) is 23.9 Å². The van der Waals surface area contributed by atoms with Gasteiger partial charge in [0, 0.05) is 35.2 Å². The minimum atomic E-state index is -0.408.